The van der Waals surface area contributed by atoms with Crippen LogP contribution in [0, 0.1) is 0 Å². The van der Waals surface area contributed by atoms with E-state index in [0.717, 1.165) is 44.9 Å². The summed E-state index contributed by atoms with van der Waals surface area (Å²) in [5.41, 5.74) is 19.8. The van der Waals surface area contributed by atoms with Crippen LogP contribution < -0.4 is 4.90 Å². The van der Waals surface area contributed by atoms with Crippen LogP contribution in [-0.4, -0.2) is 0 Å². The van der Waals surface area contributed by atoms with Crippen LogP contribution >= 0.6 is 0 Å². The van der Waals surface area contributed by atoms with E-state index in [0.29, 0.717) is 0 Å². The second-order valence-electron chi connectivity index (χ2n) is 17.5. The van der Waals surface area contributed by atoms with Crippen LogP contribution in [0.4, 0.5) is 17.1 Å². The first kappa shape index (κ1) is 41.4. The molecule has 1 heteroatoms. The molecule has 0 spiro atoms. The Bertz CT molecular complexity index is 3660. The van der Waals surface area contributed by atoms with Crippen LogP contribution in [0.2, 0.25) is 0 Å². The summed E-state index contributed by atoms with van der Waals surface area (Å²) >= 11 is 0. The van der Waals surface area contributed by atoms with E-state index in [9.17, 15) is 0 Å². The molecular weight excluding hydrogens is 831 g/mol. The molecule has 12 aromatic carbocycles. The topological polar surface area (TPSA) is 3.24 Å². The fourth-order valence-electron chi connectivity index (χ4n) is 10.3. The molecule has 0 saturated heterocycles. The first-order valence-corrected chi connectivity index (χ1v) is 23.8. The van der Waals surface area contributed by atoms with E-state index in [2.05, 4.69) is 290 Å². The van der Waals surface area contributed by atoms with Gasteiger partial charge in [0.2, 0.25) is 0 Å². The summed E-state index contributed by atoms with van der Waals surface area (Å²) in [7, 11) is 0. The average molecular weight is 878 g/mol. The van der Waals surface area contributed by atoms with Gasteiger partial charge in [0.05, 0.1) is 11.4 Å². The molecule has 12 rings (SSSR count). The molecule has 69 heavy (non-hydrogen) atoms. The fourth-order valence-corrected chi connectivity index (χ4v) is 10.3. The van der Waals surface area contributed by atoms with Crippen LogP contribution in [-0.2, 0) is 0 Å². The summed E-state index contributed by atoms with van der Waals surface area (Å²) in [6.07, 6.45) is 0. The third kappa shape index (κ3) is 7.76. The molecule has 0 aromatic heterocycles. The van der Waals surface area contributed by atoms with Crippen LogP contribution in [0.3, 0.4) is 0 Å². The first-order chi connectivity index (χ1) is 34.3. The maximum absolute atomic E-state index is 2.54. The Labute approximate surface area is 404 Å². The van der Waals surface area contributed by atoms with Crippen molar-refractivity contribution in [1.82, 2.24) is 0 Å². The molecule has 0 aliphatic rings. The first-order valence-electron chi connectivity index (χ1n) is 23.8. The standard InChI is InChI=1S/C68H47N/c1-7-23-48(24-8-1)55-43-46-57(63(47-55)51-29-13-4-14-30-51)52-41-44-56(45-42-52)69(68-58(49-25-9-2-10-26-49)37-21-38-59(68)50-27-11-3-12-28-50)64-40-22-39-62-66(54-33-17-6-18-34-54)65(53-31-15-5-16-32-53)60-35-19-20-36-61(60)67(62)64/h1-47H. The lowest BCUT2D eigenvalue weighted by Gasteiger charge is -2.32. The van der Waals surface area contributed by atoms with Crippen molar-refractivity contribution in [3.05, 3.63) is 285 Å². The number of benzene rings is 12. The van der Waals surface area contributed by atoms with E-state index in [1.54, 1.807) is 0 Å². The van der Waals surface area contributed by atoms with Gasteiger partial charge in [0.25, 0.3) is 0 Å². The van der Waals surface area contributed by atoms with Crippen molar-refractivity contribution >= 4 is 38.6 Å². The van der Waals surface area contributed by atoms with Crippen molar-refractivity contribution < 1.29 is 0 Å². The predicted molar refractivity (Wildman–Crippen MR) is 294 cm³/mol. The predicted octanol–water partition coefficient (Wildman–Crippen LogP) is 19.1. The SMILES string of the molecule is c1ccc(-c2ccc(-c3ccc(N(c4c(-c5ccccc5)cccc4-c4ccccc4)c4cccc5c(-c6ccccc6)c(-c6ccccc6)c6ccccc6c45)cc3)c(-c3ccccc3)c2)cc1. The highest BCUT2D eigenvalue weighted by atomic mass is 15.1. The number of hydrogen-bond donors (Lipinski definition) is 0. The van der Waals surface area contributed by atoms with Crippen molar-refractivity contribution in [2.45, 2.75) is 0 Å². The molecule has 0 heterocycles. The summed E-state index contributed by atoms with van der Waals surface area (Å²) < 4.78 is 0. The molecule has 0 saturated carbocycles. The Kier molecular flexibility index (Phi) is 11.0. The van der Waals surface area contributed by atoms with E-state index in [1.807, 2.05) is 0 Å². The maximum Gasteiger partial charge on any atom is 0.0618 e. The summed E-state index contributed by atoms with van der Waals surface area (Å²) in [4.78, 5) is 2.54. The van der Waals surface area contributed by atoms with Crippen molar-refractivity contribution in [3.63, 3.8) is 0 Å². The van der Waals surface area contributed by atoms with Crippen LogP contribution in [0.5, 0.6) is 0 Å². The minimum Gasteiger partial charge on any atom is -0.309 e. The Morgan fingerprint density at radius 1 is 0.217 bits per heavy atom. The van der Waals surface area contributed by atoms with E-state index in [-0.39, 0.29) is 0 Å². The van der Waals surface area contributed by atoms with Gasteiger partial charge >= 0.3 is 0 Å². The highest BCUT2D eigenvalue weighted by molar-refractivity contribution is 6.26. The molecular formula is C68H47N. The summed E-state index contributed by atoms with van der Waals surface area (Å²) in [6, 6.07) is 104. The highest BCUT2D eigenvalue weighted by Gasteiger charge is 2.27. The van der Waals surface area contributed by atoms with E-state index >= 15 is 0 Å². The van der Waals surface area contributed by atoms with Crippen molar-refractivity contribution in [1.29, 1.82) is 0 Å². The molecule has 12 aromatic rings. The molecule has 0 radical (unpaired) electrons. The second kappa shape index (κ2) is 18.3. The van der Waals surface area contributed by atoms with Gasteiger partial charge in [-0.3, -0.25) is 0 Å². The number of fused-ring (bicyclic) bond motifs is 3. The number of hydrogen-bond acceptors (Lipinski definition) is 1. The van der Waals surface area contributed by atoms with Gasteiger partial charge in [-0.05, 0) is 107 Å². The van der Waals surface area contributed by atoms with E-state index < -0.39 is 0 Å². The number of anilines is 3. The Balaban J connectivity index is 1.16. The lowest BCUT2D eigenvalue weighted by molar-refractivity contribution is 1.30. The third-order valence-corrected chi connectivity index (χ3v) is 13.5. The van der Waals surface area contributed by atoms with Gasteiger partial charge in [0.1, 0.15) is 0 Å². The molecule has 0 amide bonds. The van der Waals surface area contributed by atoms with Crippen molar-refractivity contribution in [2.24, 2.45) is 0 Å². The summed E-state index contributed by atoms with van der Waals surface area (Å²) in [6.45, 7) is 0. The molecule has 0 atom stereocenters. The maximum atomic E-state index is 2.54. The van der Waals surface area contributed by atoms with Gasteiger partial charge in [-0.15, -0.1) is 0 Å². The second-order valence-corrected chi connectivity index (χ2v) is 17.5. The van der Waals surface area contributed by atoms with Gasteiger partial charge < -0.3 is 4.90 Å². The summed E-state index contributed by atoms with van der Waals surface area (Å²) in [5, 5.41) is 4.81. The zero-order valence-electron chi connectivity index (χ0n) is 38.1. The molecule has 324 valence electrons. The van der Waals surface area contributed by atoms with Crippen molar-refractivity contribution in [2.75, 3.05) is 4.90 Å². The highest BCUT2D eigenvalue weighted by Crippen LogP contribution is 2.53. The summed E-state index contributed by atoms with van der Waals surface area (Å²) in [5.74, 6) is 0. The molecule has 1 nitrogen and oxygen atoms in total. The van der Waals surface area contributed by atoms with Crippen LogP contribution in [0.15, 0.2) is 285 Å². The molecule has 0 aliphatic carbocycles. The molecule has 0 bridgehead atoms. The van der Waals surface area contributed by atoms with Gasteiger partial charge in [-0.1, -0.05) is 261 Å². The lowest BCUT2D eigenvalue weighted by atomic mass is 9.84. The fraction of sp³-hybridized carbons (Fsp3) is 0. The number of nitrogens with zero attached hydrogens (tertiary/aromatic N) is 1. The lowest BCUT2D eigenvalue weighted by Crippen LogP contribution is -2.13. The Hall–Kier alpha value is -9.04. The quantitative estimate of drug-likeness (QED) is 0.124. The molecule has 0 unspecified atom stereocenters. The third-order valence-electron chi connectivity index (χ3n) is 13.5. The number of para-hydroxylation sites is 1. The van der Waals surface area contributed by atoms with E-state index in [1.165, 1.54) is 71.6 Å². The van der Waals surface area contributed by atoms with Crippen molar-refractivity contribution in [3.8, 4) is 77.9 Å². The molecule has 0 N–H and O–H groups in total. The number of rotatable bonds is 10. The Morgan fingerprint density at radius 3 is 1.14 bits per heavy atom. The smallest absolute Gasteiger partial charge is 0.0618 e. The minimum absolute atomic E-state index is 1.06. The minimum atomic E-state index is 1.06. The van der Waals surface area contributed by atoms with Gasteiger partial charge in [0.15, 0.2) is 0 Å². The van der Waals surface area contributed by atoms with Crippen LogP contribution in [0.25, 0.3) is 99.4 Å². The van der Waals surface area contributed by atoms with E-state index in [4.69, 9.17) is 0 Å². The van der Waals surface area contributed by atoms with Crippen LogP contribution in [0.1, 0.15) is 0 Å². The van der Waals surface area contributed by atoms with Gasteiger partial charge in [0, 0.05) is 22.2 Å². The zero-order chi connectivity index (χ0) is 45.9. The Morgan fingerprint density at radius 2 is 0.609 bits per heavy atom. The zero-order valence-corrected chi connectivity index (χ0v) is 38.1. The van der Waals surface area contributed by atoms with Gasteiger partial charge in [-0.2, -0.15) is 0 Å². The van der Waals surface area contributed by atoms with Gasteiger partial charge in [-0.25, -0.2) is 0 Å². The molecule has 0 fully saturated rings. The monoisotopic (exact) mass is 877 g/mol. The largest absolute Gasteiger partial charge is 0.309 e. The average Bonchev–Trinajstić information content (AvgIpc) is 3.44. The normalized spacial score (nSPS) is 11.2. The molecule has 0 aliphatic heterocycles.